The summed E-state index contributed by atoms with van der Waals surface area (Å²) in [4.78, 5) is 4.29. The standard InChI is InChI=1S/C13H23N3S/c1-4-6-14-13-8-12(5-7-15-13)16-9-11(2)10-17-3/h5,7-8,11H,4,6,9-10H2,1-3H3,(H2,14,15,16). The van der Waals surface area contributed by atoms with Gasteiger partial charge in [0.15, 0.2) is 0 Å². The maximum atomic E-state index is 4.29. The zero-order valence-corrected chi connectivity index (χ0v) is 11.8. The van der Waals surface area contributed by atoms with Crippen molar-refractivity contribution in [3.8, 4) is 0 Å². The van der Waals surface area contributed by atoms with E-state index in [1.54, 1.807) is 0 Å². The molecule has 1 heterocycles. The first-order chi connectivity index (χ1) is 8.26. The molecule has 1 aromatic heterocycles. The summed E-state index contributed by atoms with van der Waals surface area (Å²) in [6.45, 7) is 6.40. The van der Waals surface area contributed by atoms with Crippen LogP contribution in [-0.4, -0.2) is 30.1 Å². The number of nitrogens with zero attached hydrogens (tertiary/aromatic N) is 1. The van der Waals surface area contributed by atoms with Gasteiger partial charge in [-0.3, -0.25) is 0 Å². The van der Waals surface area contributed by atoms with Crippen LogP contribution in [0.1, 0.15) is 20.3 Å². The van der Waals surface area contributed by atoms with Crippen molar-refractivity contribution in [1.82, 2.24) is 4.98 Å². The van der Waals surface area contributed by atoms with Gasteiger partial charge < -0.3 is 10.6 Å². The van der Waals surface area contributed by atoms with E-state index >= 15 is 0 Å². The molecule has 0 saturated carbocycles. The highest BCUT2D eigenvalue weighted by atomic mass is 32.2. The van der Waals surface area contributed by atoms with Crippen LogP contribution in [0.5, 0.6) is 0 Å². The first-order valence-corrected chi connectivity index (χ1v) is 7.58. The summed E-state index contributed by atoms with van der Waals surface area (Å²) in [5.74, 6) is 2.83. The molecule has 1 atom stereocenters. The number of anilines is 2. The van der Waals surface area contributed by atoms with E-state index in [2.05, 4.69) is 41.8 Å². The van der Waals surface area contributed by atoms with E-state index in [-0.39, 0.29) is 0 Å². The molecule has 0 aromatic carbocycles. The molecule has 0 bridgehead atoms. The van der Waals surface area contributed by atoms with Gasteiger partial charge in [0.25, 0.3) is 0 Å². The van der Waals surface area contributed by atoms with Crippen LogP contribution in [0, 0.1) is 5.92 Å². The third kappa shape index (κ3) is 5.82. The summed E-state index contributed by atoms with van der Waals surface area (Å²) in [5, 5.41) is 6.74. The fourth-order valence-electron chi connectivity index (χ4n) is 1.53. The molecule has 1 rings (SSSR count). The molecule has 4 heteroatoms. The van der Waals surface area contributed by atoms with Crippen molar-refractivity contribution in [2.75, 3.05) is 35.7 Å². The van der Waals surface area contributed by atoms with Crippen molar-refractivity contribution in [2.24, 2.45) is 5.92 Å². The molecule has 0 fully saturated rings. The molecular formula is C13H23N3S. The quantitative estimate of drug-likeness (QED) is 0.745. The Morgan fingerprint density at radius 2 is 2.24 bits per heavy atom. The van der Waals surface area contributed by atoms with Crippen LogP contribution in [0.25, 0.3) is 0 Å². The van der Waals surface area contributed by atoms with Crippen LogP contribution < -0.4 is 10.6 Å². The molecule has 2 N–H and O–H groups in total. The number of aromatic nitrogens is 1. The normalized spacial score (nSPS) is 12.2. The number of hydrogen-bond donors (Lipinski definition) is 2. The minimum Gasteiger partial charge on any atom is -0.385 e. The molecule has 0 saturated heterocycles. The Morgan fingerprint density at radius 1 is 1.41 bits per heavy atom. The van der Waals surface area contributed by atoms with Crippen LogP contribution in [-0.2, 0) is 0 Å². The lowest BCUT2D eigenvalue weighted by Crippen LogP contribution is -2.13. The van der Waals surface area contributed by atoms with Gasteiger partial charge >= 0.3 is 0 Å². The highest BCUT2D eigenvalue weighted by Gasteiger charge is 2.01. The first-order valence-electron chi connectivity index (χ1n) is 6.19. The first kappa shape index (κ1) is 14.2. The Labute approximate surface area is 109 Å². The van der Waals surface area contributed by atoms with Gasteiger partial charge in [0, 0.05) is 31.0 Å². The Hall–Kier alpha value is -0.900. The second-order valence-electron chi connectivity index (χ2n) is 4.30. The second kappa shape index (κ2) is 8.23. The zero-order chi connectivity index (χ0) is 12.5. The van der Waals surface area contributed by atoms with Crippen molar-refractivity contribution < 1.29 is 0 Å². The fourth-order valence-corrected chi connectivity index (χ4v) is 2.21. The average Bonchev–Trinajstić information content (AvgIpc) is 2.35. The Balaban J connectivity index is 2.42. The van der Waals surface area contributed by atoms with Crippen molar-refractivity contribution >= 4 is 23.3 Å². The molecular weight excluding hydrogens is 230 g/mol. The molecule has 96 valence electrons. The predicted molar refractivity (Wildman–Crippen MR) is 79.1 cm³/mol. The Bertz CT molecular complexity index is 317. The Kier molecular flexibility index (Phi) is 6.86. The number of pyridine rings is 1. The lowest BCUT2D eigenvalue weighted by Gasteiger charge is -2.13. The molecule has 0 aliphatic rings. The maximum Gasteiger partial charge on any atom is 0.127 e. The minimum atomic E-state index is 0.685. The molecule has 17 heavy (non-hydrogen) atoms. The number of thioether (sulfide) groups is 1. The monoisotopic (exact) mass is 253 g/mol. The molecule has 1 aromatic rings. The highest BCUT2D eigenvalue weighted by Crippen LogP contribution is 2.13. The largest absolute Gasteiger partial charge is 0.385 e. The zero-order valence-electron chi connectivity index (χ0n) is 11.0. The van der Waals surface area contributed by atoms with E-state index in [4.69, 9.17) is 0 Å². The third-order valence-electron chi connectivity index (χ3n) is 2.42. The smallest absolute Gasteiger partial charge is 0.127 e. The number of rotatable bonds is 8. The molecule has 3 nitrogen and oxygen atoms in total. The molecule has 0 aliphatic heterocycles. The summed E-state index contributed by atoms with van der Waals surface area (Å²) in [7, 11) is 0. The summed E-state index contributed by atoms with van der Waals surface area (Å²) in [5.41, 5.74) is 1.14. The molecule has 0 amide bonds. The van der Waals surface area contributed by atoms with Crippen LogP contribution in [0.15, 0.2) is 18.3 Å². The van der Waals surface area contributed by atoms with Gasteiger partial charge in [0.2, 0.25) is 0 Å². The van der Waals surface area contributed by atoms with Crippen LogP contribution in [0.3, 0.4) is 0 Å². The van der Waals surface area contributed by atoms with Gasteiger partial charge in [-0.05, 0) is 30.4 Å². The summed E-state index contributed by atoms with van der Waals surface area (Å²) < 4.78 is 0. The summed E-state index contributed by atoms with van der Waals surface area (Å²) in [6.07, 6.45) is 5.11. The lowest BCUT2D eigenvalue weighted by molar-refractivity contribution is 0.701. The van der Waals surface area contributed by atoms with Crippen molar-refractivity contribution in [3.05, 3.63) is 18.3 Å². The van der Waals surface area contributed by atoms with E-state index in [0.717, 1.165) is 31.0 Å². The van der Waals surface area contributed by atoms with Gasteiger partial charge in [0.1, 0.15) is 5.82 Å². The van der Waals surface area contributed by atoms with Crippen LogP contribution in [0.2, 0.25) is 0 Å². The van der Waals surface area contributed by atoms with Crippen molar-refractivity contribution in [2.45, 2.75) is 20.3 Å². The van der Waals surface area contributed by atoms with E-state index in [1.165, 1.54) is 5.75 Å². The number of nitrogens with one attached hydrogen (secondary N) is 2. The van der Waals surface area contributed by atoms with E-state index in [1.807, 2.05) is 24.0 Å². The Morgan fingerprint density at radius 3 is 2.94 bits per heavy atom. The molecule has 0 aliphatic carbocycles. The van der Waals surface area contributed by atoms with Crippen LogP contribution >= 0.6 is 11.8 Å². The van der Waals surface area contributed by atoms with E-state index in [0.29, 0.717) is 5.92 Å². The van der Waals surface area contributed by atoms with Gasteiger partial charge in [-0.1, -0.05) is 13.8 Å². The summed E-state index contributed by atoms with van der Waals surface area (Å²) >= 11 is 1.89. The average molecular weight is 253 g/mol. The van der Waals surface area contributed by atoms with E-state index in [9.17, 15) is 0 Å². The topological polar surface area (TPSA) is 37.0 Å². The summed E-state index contributed by atoms with van der Waals surface area (Å²) in [6, 6.07) is 4.09. The van der Waals surface area contributed by atoms with Gasteiger partial charge in [-0.25, -0.2) is 4.98 Å². The predicted octanol–water partition coefficient (Wildman–Crippen LogP) is 3.31. The van der Waals surface area contributed by atoms with Crippen LogP contribution in [0.4, 0.5) is 11.5 Å². The third-order valence-corrected chi connectivity index (χ3v) is 3.32. The lowest BCUT2D eigenvalue weighted by atomic mass is 10.2. The number of hydrogen-bond acceptors (Lipinski definition) is 4. The van der Waals surface area contributed by atoms with Gasteiger partial charge in [-0.2, -0.15) is 11.8 Å². The molecule has 0 spiro atoms. The van der Waals surface area contributed by atoms with Crippen molar-refractivity contribution in [3.63, 3.8) is 0 Å². The van der Waals surface area contributed by atoms with E-state index < -0.39 is 0 Å². The molecule has 1 unspecified atom stereocenters. The maximum absolute atomic E-state index is 4.29. The van der Waals surface area contributed by atoms with Crippen molar-refractivity contribution in [1.29, 1.82) is 0 Å². The SMILES string of the molecule is CCCNc1cc(NCC(C)CSC)ccn1. The minimum absolute atomic E-state index is 0.685. The van der Waals surface area contributed by atoms with Gasteiger partial charge in [-0.15, -0.1) is 0 Å². The molecule has 0 radical (unpaired) electrons. The van der Waals surface area contributed by atoms with Gasteiger partial charge in [0.05, 0.1) is 0 Å². The highest BCUT2D eigenvalue weighted by molar-refractivity contribution is 7.98. The second-order valence-corrected chi connectivity index (χ2v) is 5.21. The fraction of sp³-hybridized carbons (Fsp3) is 0.615.